The van der Waals surface area contributed by atoms with E-state index < -0.39 is 17.7 Å². The Kier molecular flexibility index (Phi) is 8.49. The summed E-state index contributed by atoms with van der Waals surface area (Å²) in [5.41, 5.74) is 1.63. The summed E-state index contributed by atoms with van der Waals surface area (Å²) >= 11 is 2.20. The Labute approximate surface area is 212 Å². The molecule has 0 radical (unpaired) electrons. The first-order valence-electron chi connectivity index (χ1n) is 10.7. The van der Waals surface area contributed by atoms with Crippen molar-refractivity contribution in [2.75, 3.05) is 11.4 Å². The maximum atomic E-state index is 13.2. The molecular weight excluding hydrogens is 547 g/mol. The van der Waals surface area contributed by atoms with Crippen LogP contribution in [0.5, 0.6) is 5.75 Å². The number of carbonyl (C=O) groups is 2. The van der Waals surface area contributed by atoms with Crippen molar-refractivity contribution in [2.45, 2.75) is 39.9 Å². The maximum absolute atomic E-state index is 13.2. The number of aromatic nitrogens is 1. The predicted octanol–water partition coefficient (Wildman–Crippen LogP) is 6.24. The molecule has 1 aromatic heterocycles. The number of pyridine rings is 1. The first-order chi connectivity index (χ1) is 16.2. The van der Waals surface area contributed by atoms with Crippen LogP contribution >= 0.6 is 22.6 Å². The average molecular weight is 574 g/mol. The van der Waals surface area contributed by atoms with E-state index in [1.54, 1.807) is 18.3 Å². The zero-order valence-electron chi connectivity index (χ0n) is 19.6. The molecule has 0 fully saturated rings. The van der Waals surface area contributed by atoms with E-state index in [1.807, 2.05) is 63.2 Å². The molecule has 2 aromatic carbocycles. The van der Waals surface area contributed by atoms with Crippen LogP contribution in [0.1, 0.15) is 33.3 Å². The van der Waals surface area contributed by atoms with Gasteiger partial charge in [-0.3, -0.25) is 14.7 Å². The molecule has 0 spiro atoms. The fourth-order valence-electron chi connectivity index (χ4n) is 3.10. The number of fused-ring (bicyclic) bond motifs is 1. The van der Waals surface area contributed by atoms with Crippen molar-refractivity contribution in [3.63, 3.8) is 0 Å². The molecule has 7 nitrogen and oxygen atoms in total. The minimum absolute atomic E-state index is 0.127. The molecule has 0 saturated carbocycles. The number of benzene rings is 2. The second-order valence-corrected chi connectivity index (χ2v) is 9.53. The van der Waals surface area contributed by atoms with E-state index in [9.17, 15) is 9.59 Å². The van der Waals surface area contributed by atoms with Crippen molar-refractivity contribution in [1.29, 1.82) is 0 Å². The van der Waals surface area contributed by atoms with Crippen LogP contribution in [0.25, 0.3) is 10.9 Å². The molecule has 0 aliphatic carbocycles. The monoisotopic (exact) mass is 574 g/mol. The number of anilines is 1. The Hall–Kier alpha value is -3.14. The highest BCUT2D eigenvalue weighted by Gasteiger charge is 2.26. The van der Waals surface area contributed by atoms with E-state index in [-0.39, 0.29) is 6.54 Å². The quantitative estimate of drug-likeness (QED) is 0.189. The van der Waals surface area contributed by atoms with Gasteiger partial charge in [0.05, 0.1) is 18.5 Å². The Morgan fingerprint density at radius 1 is 1.12 bits per heavy atom. The second-order valence-electron chi connectivity index (χ2n) is 8.45. The molecule has 1 amide bonds. The molecule has 0 aliphatic rings. The van der Waals surface area contributed by atoms with Crippen molar-refractivity contribution in [3.05, 3.63) is 76.2 Å². The lowest BCUT2D eigenvalue weighted by Crippen LogP contribution is -2.37. The van der Waals surface area contributed by atoms with Crippen LogP contribution in [-0.2, 0) is 20.9 Å². The van der Waals surface area contributed by atoms with E-state index in [0.717, 1.165) is 14.5 Å². The number of carbonyl (C=O) groups excluding carboxylic acids is 2. The number of esters is 1. The molecule has 8 heteroatoms. The average Bonchev–Trinajstić information content (AvgIpc) is 2.78. The summed E-state index contributed by atoms with van der Waals surface area (Å²) in [6.07, 6.45) is 4.03. The largest absolute Gasteiger partial charge is 0.487 e. The van der Waals surface area contributed by atoms with Crippen molar-refractivity contribution >= 4 is 51.2 Å². The SMILES string of the molecule is CC(=O)O/C=C/CN(C(=O)OC(C)(C)C)c1cc(OCc2ccccc2)c2ncccc2c1I. The number of ether oxygens (including phenoxy) is 3. The van der Waals surface area contributed by atoms with Gasteiger partial charge in [0.15, 0.2) is 0 Å². The molecule has 0 aliphatic heterocycles. The van der Waals surface area contributed by atoms with Crippen molar-refractivity contribution in [3.8, 4) is 5.75 Å². The van der Waals surface area contributed by atoms with Gasteiger partial charge in [-0.2, -0.15) is 0 Å². The van der Waals surface area contributed by atoms with E-state index in [1.165, 1.54) is 18.1 Å². The second kappa shape index (κ2) is 11.3. The third kappa shape index (κ3) is 6.93. The van der Waals surface area contributed by atoms with Gasteiger partial charge in [-0.05, 0) is 67.1 Å². The lowest BCUT2D eigenvalue weighted by Gasteiger charge is -2.28. The minimum atomic E-state index is -0.689. The van der Waals surface area contributed by atoms with Crippen LogP contribution in [0.3, 0.4) is 0 Å². The topological polar surface area (TPSA) is 78.0 Å². The van der Waals surface area contributed by atoms with Crippen molar-refractivity contribution in [2.24, 2.45) is 0 Å². The zero-order valence-corrected chi connectivity index (χ0v) is 21.7. The molecule has 178 valence electrons. The molecule has 34 heavy (non-hydrogen) atoms. The fraction of sp³-hybridized carbons (Fsp3) is 0.269. The van der Waals surface area contributed by atoms with Gasteiger partial charge in [0.1, 0.15) is 23.5 Å². The fourth-order valence-corrected chi connectivity index (χ4v) is 3.98. The highest BCUT2D eigenvalue weighted by atomic mass is 127. The molecule has 0 unspecified atom stereocenters. The number of rotatable bonds is 7. The summed E-state index contributed by atoms with van der Waals surface area (Å²) in [6.45, 7) is 7.21. The summed E-state index contributed by atoms with van der Waals surface area (Å²) in [6, 6.07) is 15.4. The van der Waals surface area contributed by atoms with E-state index in [0.29, 0.717) is 23.6 Å². The summed E-state index contributed by atoms with van der Waals surface area (Å²) in [5, 5.41) is 0.848. The first kappa shape index (κ1) is 25.5. The number of hydrogen-bond acceptors (Lipinski definition) is 6. The minimum Gasteiger partial charge on any atom is -0.487 e. The van der Waals surface area contributed by atoms with Crippen LogP contribution in [0, 0.1) is 3.57 Å². The summed E-state index contributed by atoms with van der Waals surface area (Å²) < 4.78 is 17.5. The number of amides is 1. The molecule has 0 atom stereocenters. The van der Waals surface area contributed by atoms with Gasteiger partial charge in [-0.1, -0.05) is 30.3 Å². The summed E-state index contributed by atoms with van der Waals surface area (Å²) in [4.78, 5) is 30.3. The van der Waals surface area contributed by atoms with Gasteiger partial charge in [0.2, 0.25) is 0 Å². The van der Waals surface area contributed by atoms with Crippen LogP contribution in [0.2, 0.25) is 0 Å². The summed E-state index contributed by atoms with van der Waals surface area (Å²) in [7, 11) is 0. The third-order valence-corrected chi connectivity index (χ3v) is 5.66. The highest BCUT2D eigenvalue weighted by molar-refractivity contribution is 14.1. The molecule has 1 heterocycles. The van der Waals surface area contributed by atoms with Crippen LogP contribution in [-0.4, -0.2) is 29.2 Å². The predicted molar refractivity (Wildman–Crippen MR) is 140 cm³/mol. The maximum Gasteiger partial charge on any atom is 0.415 e. The third-order valence-electron chi connectivity index (χ3n) is 4.53. The van der Waals surface area contributed by atoms with E-state index in [2.05, 4.69) is 27.6 Å². The lowest BCUT2D eigenvalue weighted by atomic mass is 10.1. The Morgan fingerprint density at radius 2 is 1.85 bits per heavy atom. The number of halogens is 1. The van der Waals surface area contributed by atoms with Gasteiger partial charge >= 0.3 is 12.1 Å². The zero-order chi connectivity index (χ0) is 24.7. The molecule has 0 bridgehead atoms. The van der Waals surface area contributed by atoms with Crippen molar-refractivity contribution in [1.82, 2.24) is 4.98 Å². The van der Waals surface area contributed by atoms with Gasteiger partial charge in [0.25, 0.3) is 0 Å². The van der Waals surface area contributed by atoms with Gasteiger partial charge < -0.3 is 14.2 Å². The molecule has 3 aromatic rings. The lowest BCUT2D eigenvalue weighted by molar-refractivity contribution is -0.135. The standard InChI is InChI=1S/C26H27IN2O5/c1-18(30)32-15-9-14-29(25(31)34-26(2,3)4)21-16-22(33-17-19-10-6-5-7-11-19)24-20(23(21)27)12-8-13-28-24/h5-13,15-16H,14,17H2,1-4H3/b15-9+. The highest BCUT2D eigenvalue weighted by Crippen LogP contribution is 2.37. The Bertz CT molecular complexity index is 1190. The number of hydrogen-bond donors (Lipinski definition) is 0. The van der Waals surface area contributed by atoms with Crippen LogP contribution in [0.4, 0.5) is 10.5 Å². The molecule has 0 N–H and O–H groups in total. The molecule has 0 saturated heterocycles. The van der Waals surface area contributed by atoms with Gasteiger partial charge in [-0.25, -0.2) is 4.79 Å². The van der Waals surface area contributed by atoms with E-state index in [4.69, 9.17) is 14.2 Å². The summed E-state index contributed by atoms with van der Waals surface area (Å²) in [5.74, 6) is 0.107. The van der Waals surface area contributed by atoms with Crippen LogP contribution < -0.4 is 9.64 Å². The Balaban J connectivity index is 2.04. The van der Waals surface area contributed by atoms with Gasteiger partial charge in [0, 0.05) is 28.1 Å². The Morgan fingerprint density at radius 3 is 2.53 bits per heavy atom. The molecule has 3 rings (SSSR count). The number of nitrogens with zero attached hydrogens (tertiary/aromatic N) is 2. The van der Waals surface area contributed by atoms with Crippen LogP contribution in [0.15, 0.2) is 67.1 Å². The first-order valence-corrected chi connectivity index (χ1v) is 11.8. The normalized spacial score (nSPS) is 11.4. The van der Waals surface area contributed by atoms with Gasteiger partial charge in [-0.15, -0.1) is 0 Å². The van der Waals surface area contributed by atoms with Crippen molar-refractivity contribution < 1.29 is 23.8 Å². The van der Waals surface area contributed by atoms with E-state index >= 15 is 0 Å². The smallest absolute Gasteiger partial charge is 0.415 e. The molecular formula is C26H27IN2O5.